The first-order valence-electron chi connectivity index (χ1n) is 7.32. The molecule has 2 N–H and O–H groups in total. The molecule has 25 heavy (non-hydrogen) atoms. The molecule has 3 aromatic rings. The fraction of sp³-hybridized carbons (Fsp3) is 0.118. The molecule has 2 aromatic carbocycles. The second kappa shape index (κ2) is 7.00. The molecule has 128 valence electrons. The van der Waals surface area contributed by atoms with Gasteiger partial charge in [0.25, 0.3) is 5.91 Å². The van der Waals surface area contributed by atoms with Crippen LogP contribution in [0.5, 0.6) is 11.5 Å². The number of amides is 1. The molecule has 0 atom stereocenters. The van der Waals surface area contributed by atoms with Crippen LogP contribution in [0, 0.1) is 12.7 Å². The van der Waals surface area contributed by atoms with Crippen LogP contribution < -0.4 is 10.1 Å². The molecule has 1 amide bonds. The third-order valence-corrected chi connectivity index (χ3v) is 3.19. The van der Waals surface area contributed by atoms with E-state index in [1.54, 1.807) is 31.2 Å². The van der Waals surface area contributed by atoms with Crippen molar-refractivity contribution in [3.8, 4) is 11.5 Å². The number of nitrogens with one attached hydrogen (secondary N) is 1. The lowest BCUT2D eigenvalue weighted by molar-refractivity contribution is 0.102. The van der Waals surface area contributed by atoms with Gasteiger partial charge >= 0.3 is 0 Å². The maximum absolute atomic E-state index is 13.2. The highest BCUT2D eigenvalue weighted by atomic mass is 19.1. The number of phenols is 1. The Hall–Kier alpha value is -3.42. The minimum Gasteiger partial charge on any atom is -0.508 e. The van der Waals surface area contributed by atoms with Crippen molar-refractivity contribution in [2.75, 3.05) is 5.32 Å². The van der Waals surface area contributed by atoms with Crippen molar-refractivity contribution in [2.45, 2.75) is 13.5 Å². The van der Waals surface area contributed by atoms with Crippen LogP contribution in [-0.2, 0) is 6.61 Å². The molecule has 0 aliphatic heterocycles. The summed E-state index contributed by atoms with van der Waals surface area (Å²) < 4.78 is 23.6. The highest BCUT2D eigenvalue weighted by molar-refractivity contribution is 6.04. The van der Waals surface area contributed by atoms with Crippen molar-refractivity contribution in [2.24, 2.45) is 0 Å². The summed E-state index contributed by atoms with van der Waals surface area (Å²) in [5.41, 5.74) is 0.516. The van der Waals surface area contributed by atoms with E-state index in [0.717, 1.165) is 12.1 Å². The number of carbonyl (C=O) groups is 1. The molecule has 7 nitrogen and oxygen atoms in total. The summed E-state index contributed by atoms with van der Waals surface area (Å²) in [4.78, 5) is 16.1. The van der Waals surface area contributed by atoms with Crippen LogP contribution in [0.4, 0.5) is 10.1 Å². The predicted molar refractivity (Wildman–Crippen MR) is 85.8 cm³/mol. The van der Waals surface area contributed by atoms with Crippen molar-refractivity contribution in [1.82, 2.24) is 10.1 Å². The van der Waals surface area contributed by atoms with Gasteiger partial charge in [0.2, 0.25) is 11.7 Å². The number of aromatic hydroxyl groups is 1. The van der Waals surface area contributed by atoms with Gasteiger partial charge in [-0.05, 0) is 36.4 Å². The summed E-state index contributed by atoms with van der Waals surface area (Å²) in [7, 11) is 0. The summed E-state index contributed by atoms with van der Waals surface area (Å²) in [6.07, 6.45) is 0. The maximum Gasteiger partial charge on any atom is 0.255 e. The summed E-state index contributed by atoms with van der Waals surface area (Å²) in [5.74, 6) is -0.0911. The monoisotopic (exact) mass is 343 g/mol. The zero-order valence-electron chi connectivity index (χ0n) is 13.2. The average Bonchev–Trinajstić information content (AvgIpc) is 2.99. The lowest BCUT2D eigenvalue weighted by atomic mass is 10.2. The number of aryl methyl sites for hydroxylation is 1. The molecule has 0 aliphatic rings. The number of halogens is 1. The topological polar surface area (TPSA) is 97.5 Å². The van der Waals surface area contributed by atoms with Gasteiger partial charge in [0, 0.05) is 24.2 Å². The van der Waals surface area contributed by atoms with Gasteiger partial charge in [-0.15, -0.1) is 0 Å². The number of hydrogen-bond acceptors (Lipinski definition) is 6. The molecule has 0 unspecified atom stereocenters. The van der Waals surface area contributed by atoms with Crippen LogP contribution in [0.1, 0.15) is 22.1 Å². The van der Waals surface area contributed by atoms with Crippen LogP contribution in [0.3, 0.4) is 0 Å². The van der Waals surface area contributed by atoms with Gasteiger partial charge in [0.15, 0.2) is 6.61 Å². The fourth-order valence-corrected chi connectivity index (χ4v) is 2.09. The number of aromatic nitrogens is 2. The van der Waals surface area contributed by atoms with E-state index >= 15 is 0 Å². The average molecular weight is 343 g/mol. The van der Waals surface area contributed by atoms with Gasteiger partial charge in [-0.2, -0.15) is 4.98 Å². The minimum atomic E-state index is -0.689. The van der Waals surface area contributed by atoms with Gasteiger partial charge in [-0.1, -0.05) is 5.16 Å². The number of benzene rings is 2. The molecule has 1 aromatic heterocycles. The zero-order valence-corrected chi connectivity index (χ0v) is 13.2. The quantitative estimate of drug-likeness (QED) is 0.739. The Kier molecular flexibility index (Phi) is 4.60. The fourth-order valence-electron chi connectivity index (χ4n) is 2.09. The Morgan fingerprint density at radius 2 is 2.04 bits per heavy atom. The summed E-state index contributed by atoms with van der Waals surface area (Å²) in [6, 6.07) is 9.73. The minimum absolute atomic E-state index is 0.0188. The number of nitrogens with zero attached hydrogens (tertiary/aromatic N) is 2. The molecule has 0 spiro atoms. The first-order valence-corrected chi connectivity index (χ1v) is 7.32. The van der Waals surface area contributed by atoms with E-state index in [1.165, 1.54) is 6.07 Å². The van der Waals surface area contributed by atoms with Crippen LogP contribution in [0.25, 0.3) is 0 Å². The molecule has 1 heterocycles. The molecule has 0 fully saturated rings. The number of anilines is 1. The summed E-state index contributed by atoms with van der Waals surface area (Å²) in [5, 5.41) is 15.7. The van der Waals surface area contributed by atoms with Crippen molar-refractivity contribution in [3.05, 3.63) is 65.6 Å². The van der Waals surface area contributed by atoms with Crippen LogP contribution in [0.15, 0.2) is 47.0 Å². The zero-order chi connectivity index (χ0) is 17.8. The van der Waals surface area contributed by atoms with Crippen molar-refractivity contribution >= 4 is 11.6 Å². The summed E-state index contributed by atoms with van der Waals surface area (Å²) >= 11 is 0. The van der Waals surface area contributed by atoms with E-state index in [2.05, 4.69) is 15.5 Å². The normalized spacial score (nSPS) is 10.5. The Labute approximate surface area is 142 Å². The first kappa shape index (κ1) is 16.4. The molecular weight excluding hydrogens is 329 g/mol. The van der Waals surface area contributed by atoms with E-state index in [-0.39, 0.29) is 17.9 Å². The second-order valence-electron chi connectivity index (χ2n) is 5.19. The van der Waals surface area contributed by atoms with Gasteiger partial charge < -0.3 is 19.7 Å². The highest BCUT2D eigenvalue weighted by Gasteiger charge is 2.09. The highest BCUT2D eigenvalue weighted by Crippen LogP contribution is 2.19. The molecule has 0 saturated heterocycles. The lowest BCUT2D eigenvalue weighted by Crippen LogP contribution is -2.12. The largest absolute Gasteiger partial charge is 0.508 e. The number of phenolic OH excluding ortho intramolecular Hbond substituents is 1. The molecule has 0 aliphatic carbocycles. The Bertz CT molecular complexity index is 873. The maximum atomic E-state index is 13.2. The third-order valence-electron chi connectivity index (χ3n) is 3.19. The van der Waals surface area contributed by atoms with Gasteiger partial charge in [0.05, 0.1) is 0 Å². The second-order valence-corrected chi connectivity index (χ2v) is 5.19. The smallest absolute Gasteiger partial charge is 0.255 e. The molecule has 0 bridgehead atoms. The van der Waals surface area contributed by atoms with E-state index in [9.17, 15) is 14.3 Å². The SMILES string of the molecule is Cc1nc(COc2ccc(NC(=O)c3cc(O)cc(F)c3)cc2)no1. The van der Waals surface area contributed by atoms with Gasteiger partial charge in [0.1, 0.15) is 17.3 Å². The van der Waals surface area contributed by atoms with Gasteiger partial charge in [-0.3, -0.25) is 4.79 Å². The van der Waals surface area contributed by atoms with Crippen LogP contribution in [0.2, 0.25) is 0 Å². The Balaban J connectivity index is 1.61. The molecule has 0 saturated carbocycles. The number of rotatable bonds is 5. The van der Waals surface area contributed by atoms with Crippen molar-refractivity contribution in [1.29, 1.82) is 0 Å². The van der Waals surface area contributed by atoms with E-state index in [4.69, 9.17) is 9.26 Å². The van der Waals surface area contributed by atoms with Crippen molar-refractivity contribution < 1.29 is 23.6 Å². The summed E-state index contributed by atoms with van der Waals surface area (Å²) in [6.45, 7) is 1.85. The third kappa shape index (κ3) is 4.31. The van der Waals surface area contributed by atoms with Crippen LogP contribution >= 0.6 is 0 Å². The van der Waals surface area contributed by atoms with E-state index in [0.29, 0.717) is 23.2 Å². The number of ether oxygens (including phenoxy) is 1. The molecule has 8 heteroatoms. The van der Waals surface area contributed by atoms with Crippen molar-refractivity contribution in [3.63, 3.8) is 0 Å². The van der Waals surface area contributed by atoms with E-state index < -0.39 is 11.7 Å². The Morgan fingerprint density at radius 1 is 1.28 bits per heavy atom. The van der Waals surface area contributed by atoms with Crippen LogP contribution in [-0.4, -0.2) is 21.2 Å². The predicted octanol–water partition coefficient (Wildman–Crippen LogP) is 3.05. The lowest BCUT2D eigenvalue weighted by Gasteiger charge is -2.08. The Morgan fingerprint density at radius 3 is 2.68 bits per heavy atom. The van der Waals surface area contributed by atoms with E-state index in [1.807, 2.05) is 0 Å². The number of hydrogen-bond donors (Lipinski definition) is 2. The molecular formula is C17H14FN3O4. The number of carbonyl (C=O) groups excluding carboxylic acids is 1. The standard InChI is InChI=1S/C17H14FN3O4/c1-10-19-16(21-25-10)9-24-15-4-2-13(3-5-15)20-17(23)11-6-12(18)8-14(22)7-11/h2-8,22H,9H2,1H3,(H,20,23). The van der Waals surface area contributed by atoms with Gasteiger partial charge in [-0.25, -0.2) is 4.39 Å². The molecule has 0 radical (unpaired) electrons. The molecule has 3 rings (SSSR count). The first-order chi connectivity index (χ1) is 12.0.